The molecule has 0 radical (unpaired) electrons. The molecule has 0 aromatic heterocycles. The Hall–Kier alpha value is -1.59. The summed E-state index contributed by atoms with van der Waals surface area (Å²) in [6.45, 7) is 4.60. The molecule has 22 heavy (non-hydrogen) atoms. The average molecular weight is 327 g/mol. The fraction of sp³-hybridized carbons (Fsp3) is 0.500. The molecule has 0 heterocycles. The van der Waals surface area contributed by atoms with E-state index in [4.69, 9.17) is 11.6 Å². The van der Waals surface area contributed by atoms with E-state index in [0.717, 1.165) is 24.8 Å². The summed E-state index contributed by atoms with van der Waals surface area (Å²) in [7, 11) is 0. The van der Waals surface area contributed by atoms with E-state index in [2.05, 4.69) is 12.2 Å². The molecule has 1 aromatic rings. The monoisotopic (exact) mass is 326 g/mol. The number of carboxylic acids is 1. The summed E-state index contributed by atoms with van der Waals surface area (Å²) in [5.41, 5.74) is 1.47. The second-order valence-electron chi connectivity index (χ2n) is 5.37. The normalized spacial score (nSPS) is 12.0. The molecular weight excluding hydrogens is 304 g/mol. The highest BCUT2D eigenvalue weighted by molar-refractivity contribution is 6.31. The SMILES string of the molecule is CCCCC[NH2+][C@@H](CC(=O)Nc1cc(Cl)ccc1C)C(=O)[O-]. The second kappa shape index (κ2) is 9.43. The largest absolute Gasteiger partial charge is 0.544 e. The van der Waals surface area contributed by atoms with E-state index in [1.54, 1.807) is 23.5 Å². The number of unbranched alkanes of at least 4 members (excludes halogenated alkanes) is 2. The zero-order chi connectivity index (χ0) is 16.5. The number of benzene rings is 1. The molecule has 0 saturated heterocycles. The molecule has 1 aromatic carbocycles. The molecule has 0 aliphatic rings. The van der Waals surface area contributed by atoms with Gasteiger partial charge in [-0.15, -0.1) is 0 Å². The van der Waals surface area contributed by atoms with Gasteiger partial charge in [-0.25, -0.2) is 0 Å². The number of carboxylic acid groups (broad SMARTS) is 1. The highest BCUT2D eigenvalue weighted by atomic mass is 35.5. The van der Waals surface area contributed by atoms with Gasteiger partial charge in [0.05, 0.1) is 18.9 Å². The van der Waals surface area contributed by atoms with Crippen LogP contribution in [0.2, 0.25) is 5.02 Å². The zero-order valence-electron chi connectivity index (χ0n) is 13.0. The van der Waals surface area contributed by atoms with Gasteiger partial charge >= 0.3 is 0 Å². The molecule has 1 amide bonds. The highest BCUT2D eigenvalue weighted by Crippen LogP contribution is 2.20. The summed E-state index contributed by atoms with van der Waals surface area (Å²) >= 11 is 5.89. The minimum absolute atomic E-state index is 0.125. The molecule has 0 unspecified atom stereocenters. The van der Waals surface area contributed by atoms with Crippen LogP contribution in [0.1, 0.15) is 38.2 Å². The van der Waals surface area contributed by atoms with Crippen molar-refractivity contribution in [1.29, 1.82) is 0 Å². The summed E-state index contributed by atoms with van der Waals surface area (Å²) in [6.07, 6.45) is 2.91. The van der Waals surface area contributed by atoms with Gasteiger partial charge in [0.25, 0.3) is 0 Å². The molecule has 0 aliphatic heterocycles. The van der Waals surface area contributed by atoms with Crippen molar-refractivity contribution in [3.05, 3.63) is 28.8 Å². The standard InChI is InChI=1S/C16H23ClN2O3/c1-3-4-5-8-18-14(16(21)22)10-15(20)19-13-9-12(17)7-6-11(13)2/h6-7,9,14,18H,3-5,8,10H2,1-2H3,(H,19,20)(H,21,22)/t14-/m0/s1. The third-order valence-electron chi connectivity index (χ3n) is 3.44. The fourth-order valence-electron chi connectivity index (χ4n) is 2.11. The van der Waals surface area contributed by atoms with Crippen molar-refractivity contribution in [2.45, 2.75) is 45.6 Å². The van der Waals surface area contributed by atoms with E-state index in [1.807, 2.05) is 6.92 Å². The average Bonchev–Trinajstić information content (AvgIpc) is 2.46. The van der Waals surface area contributed by atoms with E-state index >= 15 is 0 Å². The van der Waals surface area contributed by atoms with E-state index in [-0.39, 0.29) is 12.3 Å². The topological polar surface area (TPSA) is 85.8 Å². The Morgan fingerprint density at radius 1 is 1.36 bits per heavy atom. The second-order valence-corrected chi connectivity index (χ2v) is 5.80. The van der Waals surface area contributed by atoms with Gasteiger partial charge in [0, 0.05) is 10.7 Å². The summed E-state index contributed by atoms with van der Waals surface area (Å²) in [4.78, 5) is 23.1. The van der Waals surface area contributed by atoms with E-state index in [9.17, 15) is 14.7 Å². The number of nitrogens with one attached hydrogen (secondary N) is 1. The number of aliphatic carboxylic acids is 1. The third kappa shape index (κ3) is 6.45. The van der Waals surface area contributed by atoms with Crippen LogP contribution in [-0.2, 0) is 9.59 Å². The number of carbonyl (C=O) groups is 2. The molecule has 0 saturated carbocycles. The van der Waals surface area contributed by atoms with Crippen molar-refractivity contribution in [2.24, 2.45) is 0 Å². The van der Waals surface area contributed by atoms with Crippen LogP contribution in [0.25, 0.3) is 0 Å². The number of quaternary nitrogens is 1. The summed E-state index contributed by atoms with van der Waals surface area (Å²) in [5.74, 6) is -1.57. The Morgan fingerprint density at radius 2 is 2.09 bits per heavy atom. The van der Waals surface area contributed by atoms with Gasteiger partial charge in [-0.3, -0.25) is 4.79 Å². The predicted molar refractivity (Wildman–Crippen MR) is 84.5 cm³/mol. The molecule has 6 heteroatoms. The first-order valence-electron chi connectivity index (χ1n) is 7.54. The number of hydrogen-bond acceptors (Lipinski definition) is 3. The van der Waals surface area contributed by atoms with Crippen molar-refractivity contribution in [3.8, 4) is 0 Å². The first-order valence-corrected chi connectivity index (χ1v) is 7.92. The van der Waals surface area contributed by atoms with Gasteiger partial charge in [0.2, 0.25) is 5.91 Å². The van der Waals surface area contributed by atoms with Crippen molar-refractivity contribution < 1.29 is 20.0 Å². The summed E-state index contributed by atoms with van der Waals surface area (Å²) < 4.78 is 0. The molecule has 5 nitrogen and oxygen atoms in total. The first kappa shape index (κ1) is 18.5. The van der Waals surface area contributed by atoms with E-state index in [0.29, 0.717) is 17.3 Å². The number of nitrogens with two attached hydrogens (primary N) is 1. The smallest absolute Gasteiger partial charge is 0.230 e. The maximum absolute atomic E-state index is 12.0. The summed E-state index contributed by atoms with van der Waals surface area (Å²) in [6, 6.07) is 4.31. The molecule has 0 fully saturated rings. The first-order chi connectivity index (χ1) is 10.4. The van der Waals surface area contributed by atoms with Crippen molar-refractivity contribution in [3.63, 3.8) is 0 Å². The Kier molecular flexibility index (Phi) is 7.91. The van der Waals surface area contributed by atoms with Crippen LogP contribution in [0.15, 0.2) is 18.2 Å². The zero-order valence-corrected chi connectivity index (χ0v) is 13.8. The van der Waals surface area contributed by atoms with Crippen molar-refractivity contribution >= 4 is 29.2 Å². The molecular formula is C16H23ClN2O3. The molecule has 3 N–H and O–H groups in total. The van der Waals surface area contributed by atoms with Gasteiger partial charge in [-0.2, -0.15) is 0 Å². The van der Waals surface area contributed by atoms with E-state index < -0.39 is 12.0 Å². The lowest BCUT2D eigenvalue weighted by atomic mass is 10.1. The van der Waals surface area contributed by atoms with Crippen LogP contribution in [0.4, 0.5) is 5.69 Å². The van der Waals surface area contributed by atoms with Gasteiger partial charge in [-0.05, 0) is 37.5 Å². The van der Waals surface area contributed by atoms with Crippen LogP contribution < -0.4 is 15.7 Å². The van der Waals surface area contributed by atoms with Crippen LogP contribution in [0.5, 0.6) is 0 Å². The molecule has 1 atom stereocenters. The van der Waals surface area contributed by atoms with Gasteiger partial charge < -0.3 is 20.5 Å². The molecule has 0 aliphatic carbocycles. The molecule has 0 bridgehead atoms. The number of hydrogen-bond donors (Lipinski definition) is 2. The van der Waals surface area contributed by atoms with Gasteiger partial charge in [-0.1, -0.05) is 31.0 Å². The molecule has 0 spiro atoms. The Bertz CT molecular complexity index is 520. The number of anilines is 1. The van der Waals surface area contributed by atoms with Crippen LogP contribution >= 0.6 is 11.6 Å². The quantitative estimate of drug-likeness (QED) is 0.660. The number of halogens is 1. The Balaban J connectivity index is 2.56. The lowest BCUT2D eigenvalue weighted by Gasteiger charge is -2.17. The van der Waals surface area contributed by atoms with Gasteiger partial charge in [0.15, 0.2) is 0 Å². The summed E-state index contributed by atoms with van der Waals surface area (Å²) in [5, 5.41) is 16.0. The maximum Gasteiger partial charge on any atom is 0.230 e. The Morgan fingerprint density at radius 3 is 2.73 bits per heavy atom. The number of rotatable bonds is 9. The number of carbonyl (C=O) groups excluding carboxylic acids is 2. The third-order valence-corrected chi connectivity index (χ3v) is 3.68. The Labute approximate surface area is 136 Å². The van der Waals surface area contributed by atoms with Crippen LogP contribution in [0.3, 0.4) is 0 Å². The predicted octanol–water partition coefficient (Wildman–Crippen LogP) is 0.849. The van der Waals surface area contributed by atoms with Crippen molar-refractivity contribution in [1.82, 2.24) is 0 Å². The molecule has 122 valence electrons. The maximum atomic E-state index is 12.0. The van der Waals surface area contributed by atoms with Crippen LogP contribution in [0, 0.1) is 6.92 Å². The lowest BCUT2D eigenvalue weighted by Crippen LogP contribution is -2.93. The number of aryl methyl sites for hydroxylation is 1. The van der Waals surface area contributed by atoms with Crippen molar-refractivity contribution in [2.75, 3.05) is 11.9 Å². The lowest BCUT2D eigenvalue weighted by molar-refractivity contribution is -0.682. The molecule has 1 rings (SSSR count). The number of amides is 1. The fourth-order valence-corrected chi connectivity index (χ4v) is 2.28. The minimum Gasteiger partial charge on any atom is -0.544 e. The van der Waals surface area contributed by atoms with Gasteiger partial charge in [0.1, 0.15) is 6.04 Å². The highest BCUT2D eigenvalue weighted by Gasteiger charge is 2.18. The van der Waals surface area contributed by atoms with Crippen LogP contribution in [-0.4, -0.2) is 24.5 Å². The van der Waals surface area contributed by atoms with E-state index in [1.165, 1.54) is 0 Å². The minimum atomic E-state index is -1.21.